The molecule has 132 valence electrons. The lowest BCUT2D eigenvalue weighted by molar-refractivity contribution is 0.698. The van der Waals surface area contributed by atoms with E-state index < -0.39 is 0 Å². The van der Waals surface area contributed by atoms with Crippen LogP contribution in [0.4, 0.5) is 5.95 Å². The molecule has 0 unspecified atom stereocenters. The molecule has 7 heteroatoms. The van der Waals surface area contributed by atoms with E-state index in [4.69, 9.17) is 11.0 Å². The van der Waals surface area contributed by atoms with Crippen LogP contribution in [0.2, 0.25) is 0 Å². The molecule has 3 aromatic heterocycles. The van der Waals surface area contributed by atoms with Crippen molar-refractivity contribution < 1.29 is 0 Å². The normalized spacial score (nSPS) is 10.9. The molecule has 0 aliphatic heterocycles. The number of pyridine rings is 1. The van der Waals surface area contributed by atoms with Crippen LogP contribution in [0, 0.1) is 25.2 Å². The zero-order valence-corrected chi connectivity index (χ0v) is 15.0. The average Bonchev–Trinajstić information content (AvgIpc) is 3.07. The molecule has 0 amide bonds. The Bertz CT molecular complexity index is 1180. The van der Waals surface area contributed by atoms with Gasteiger partial charge in [0.15, 0.2) is 5.65 Å². The summed E-state index contributed by atoms with van der Waals surface area (Å²) in [6, 6.07) is 10.0. The molecule has 27 heavy (non-hydrogen) atoms. The highest BCUT2D eigenvalue weighted by Gasteiger charge is 2.15. The van der Waals surface area contributed by atoms with E-state index in [0.29, 0.717) is 29.0 Å². The molecule has 0 saturated heterocycles. The number of nitrogens with zero attached hydrogens (tertiary/aromatic N) is 6. The van der Waals surface area contributed by atoms with Gasteiger partial charge in [0, 0.05) is 18.0 Å². The minimum Gasteiger partial charge on any atom is -0.368 e. The van der Waals surface area contributed by atoms with Crippen molar-refractivity contribution in [3.63, 3.8) is 0 Å². The monoisotopic (exact) mass is 355 g/mol. The standard InChI is InChI=1S/C20H17N7/c1-12-4-3-5-13(2)17(12)11-27-19-16(10-24-27)18(25-20(22)26-19)15-6-14(7-21)8-23-9-15/h3-6,8-10H,11H2,1-2H3,(H2,22,25,26). The first-order valence-corrected chi connectivity index (χ1v) is 8.46. The van der Waals surface area contributed by atoms with Gasteiger partial charge in [0.05, 0.1) is 29.4 Å². The Balaban J connectivity index is 1.87. The van der Waals surface area contributed by atoms with E-state index in [-0.39, 0.29) is 5.95 Å². The van der Waals surface area contributed by atoms with Gasteiger partial charge in [-0.15, -0.1) is 0 Å². The van der Waals surface area contributed by atoms with Gasteiger partial charge in [0.1, 0.15) is 6.07 Å². The molecule has 7 nitrogen and oxygen atoms in total. The Kier molecular flexibility index (Phi) is 4.01. The summed E-state index contributed by atoms with van der Waals surface area (Å²) < 4.78 is 1.83. The molecule has 4 rings (SSSR count). The van der Waals surface area contributed by atoms with Gasteiger partial charge in [-0.2, -0.15) is 15.3 Å². The highest BCUT2D eigenvalue weighted by molar-refractivity contribution is 5.91. The summed E-state index contributed by atoms with van der Waals surface area (Å²) in [6.07, 6.45) is 4.90. The Morgan fingerprint density at radius 3 is 2.63 bits per heavy atom. The molecule has 0 spiro atoms. The van der Waals surface area contributed by atoms with Gasteiger partial charge in [-0.3, -0.25) is 4.98 Å². The van der Waals surface area contributed by atoms with Gasteiger partial charge in [0.25, 0.3) is 0 Å². The van der Waals surface area contributed by atoms with Crippen LogP contribution < -0.4 is 5.73 Å². The fourth-order valence-corrected chi connectivity index (χ4v) is 3.19. The topological polar surface area (TPSA) is 106 Å². The largest absolute Gasteiger partial charge is 0.368 e. The van der Waals surface area contributed by atoms with Gasteiger partial charge in [-0.25, -0.2) is 9.67 Å². The maximum Gasteiger partial charge on any atom is 0.222 e. The van der Waals surface area contributed by atoms with Crippen LogP contribution in [0.25, 0.3) is 22.3 Å². The van der Waals surface area contributed by atoms with E-state index in [1.54, 1.807) is 18.5 Å². The fourth-order valence-electron chi connectivity index (χ4n) is 3.19. The van der Waals surface area contributed by atoms with E-state index in [1.807, 2.05) is 10.7 Å². The number of nitrogens with two attached hydrogens (primary N) is 1. The lowest BCUT2D eigenvalue weighted by Gasteiger charge is -2.11. The van der Waals surface area contributed by atoms with Crippen LogP contribution in [0.5, 0.6) is 0 Å². The first-order chi connectivity index (χ1) is 13.1. The molecule has 0 fully saturated rings. The first-order valence-electron chi connectivity index (χ1n) is 8.46. The van der Waals surface area contributed by atoms with Gasteiger partial charge in [-0.1, -0.05) is 18.2 Å². The minimum atomic E-state index is 0.156. The molecular formula is C20H17N7. The van der Waals surface area contributed by atoms with Crippen LogP contribution in [0.1, 0.15) is 22.3 Å². The molecule has 4 aromatic rings. The highest BCUT2D eigenvalue weighted by Crippen LogP contribution is 2.27. The number of hydrogen-bond donors (Lipinski definition) is 1. The smallest absolute Gasteiger partial charge is 0.222 e. The van der Waals surface area contributed by atoms with Crippen LogP contribution in [-0.4, -0.2) is 24.7 Å². The van der Waals surface area contributed by atoms with Crippen molar-refractivity contribution in [2.24, 2.45) is 0 Å². The van der Waals surface area contributed by atoms with Crippen molar-refractivity contribution in [1.82, 2.24) is 24.7 Å². The summed E-state index contributed by atoms with van der Waals surface area (Å²) >= 11 is 0. The third kappa shape index (κ3) is 2.98. The number of rotatable bonds is 3. The number of anilines is 1. The fraction of sp³-hybridized carbons (Fsp3) is 0.150. The second-order valence-electron chi connectivity index (χ2n) is 6.41. The third-order valence-corrected chi connectivity index (χ3v) is 4.61. The zero-order valence-electron chi connectivity index (χ0n) is 15.0. The van der Waals surface area contributed by atoms with Crippen molar-refractivity contribution >= 4 is 17.0 Å². The number of aryl methyl sites for hydroxylation is 2. The summed E-state index contributed by atoms with van der Waals surface area (Å²) in [4.78, 5) is 12.9. The number of nitriles is 1. The Labute approximate surface area is 156 Å². The first kappa shape index (κ1) is 16.7. The van der Waals surface area contributed by atoms with Crippen LogP contribution in [0.15, 0.2) is 42.9 Å². The minimum absolute atomic E-state index is 0.156. The van der Waals surface area contributed by atoms with E-state index in [1.165, 1.54) is 22.9 Å². The average molecular weight is 355 g/mol. The number of benzene rings is 1. The second kappa shape index (κ2) is 6.50. The molecule has 0 radical (unpaired) electrons. The third-order valence-electron chi connectivity index (χ3n) is 4.61. The van der Waals surface area contributed by atoms with Crippen molar-refractivity contribution in [3.8, 4) is 17.3 Å². The number of aromatic nitrogens is 5. The number of fused-ring (bicyclic) bond motifs is 1. The lowest BCUT2D eigenvalue weighted by atomic mass is 10.0. The molecule has 0 aliphatic rings. The molecule has 0 saturated carbocycles. The quantitative estimate of drug-likeness (QED) is 0.605. The predicted molar refractivity (Wildman–Crippen MR) is 103 cm³/mol. The summed E-state index contributed by atoms with van der Waals surface area (Å²) in [7, 11) is 0. The van der Waals surface area contributed by atoms with Crippen molar-refractivity contribution in [3.05, 3.63) is 65.1 Å². The maximum atomic E-state index is 9.13. The molecule has 2 N–H and O–H groups in total. The molecular weight excluding hydrogens is 338 g/mol. The van der Waals surface area contributed by atoms with Crippen LogP contribution in [-0.2, 0) is 6.54 Å². The lowest BCUT2D eigenvalue weighted by Crippen LogP contribution is -2.07. The number of hydrogen-bond acceptors (Lipinski definition) is 6. The molecule has 0 aliphatic carbocycles. The molecule has 0 atom stereocenters. The van der Waals surface area contributed by atoms with Gasteiger partial charge in [0.2, 0.25) is 5.95 Å². The van der Waals surface area contributed by atoms with Crippen molar-refractivity contribution in [2.75, 3.05) is 5.73 Å². The van der Waals surface area contributed by atoms with E-state index >= 15 is 0 Å². The van der Waals surface area contributed by atoms with Crippen molar-refractivity contribution in [2.45, 2.75) is 20.4 Å². The van der Waals surface area contributed by atoms with Crippen molar-refractivity contribution in [1.29, 1.82) is 5.26 Å². The SMILES string of the molecule is Cc1cccc(C)c1Cn1ncc2c(-c3cncc(C#N)c3)nc(N)nc21. The second-order valence-corrected chi connectivity index (χ2v) is 6.41. The highest BCUT2D eigenvalue weighted by atomic mass is 15.3. The molecule has 1 aromatic carbocycles. The van der Waals surface area contributed by atoms with Crippen LogP contribution >= 0.6 is 0 Å². The van der Waals surface area contributed by atoms with Gasteiger partial charge in [-0.05, 0) is 36.6 Å². The molecule has 3 heterocycles. The summed E-state index contributed by atoms with van der Waals surface area (Å²) in [5.41, 5.74) is 12.0. The van der Waals surface area contributed by atoms with Gasteiger partial charge >= 0.3 is 0 Å². The summed E-state index contributed by atoms with van der Waals surface area (Å²) in [6.45, 7) is 4.76. The molecule has 0 bridgehead atoms. The Hall–Kier alpha value is -3.79. The zero-order chi connectivity index (χ0) is 19.0. The predicted octanol–water partition coefficient (Wildman–Crippen LogP) is 3.01. The van der Waals surface area contributed by atoms with E-state index in [0.717, 1.165) is 5.39 Å². The maximum absolute atomic E-state index is 9.13. The number of nitrogen functional groups attached to an aromatic ring is 1. The Morgan fingerprint density at radius 1 is 1.11 bits per heavy atom. The van der Waals surface area contributed by atoms with E-state index in [9.17, 15) is 0 Å². The van der Waals surface area contributed by atoms with Gasteiger partial charge < -0.3 is 5.73 Å². The Morgan fingerprint density at radius 2 is 1.89 bits per heavy atom. The van der Waals surface area contributed by atoms with E-state index in [2.05, 4.69) is 52.1 Å². The summed E-state index contributed by atoms with van der Waals surface area (Å²) in [5, 5.41) is 14.4. The summed E-state index contributed by atoms with van der Waals surface area (Å²) in [5.74, 6) is 0.156. The van der Waals surface area contributed by atoms with Crippen LogP contribution in [0.3, 0.4) is 0 Å².